The molecule has 0 aromatic rings. The molecule has 1 amide bonds. The van der Waals surface area contributed by atoms with E-state index in [2.05, 4.69) is 0 Å². The molecule has 0 heterocycles. The van der Waals surface area contributed by atoms with Crippen LogP contribution < -0.4 is 5.73 Å². The van der Waals surface area contributed by atoms with E-state index in [1.54, 1.807) is 0 Å². The van der Waals surface area contributed by atoms with Gasteiger partial charge in [0.05, 0.1) is 0 Å². The molecule has 1 aliphatic carbocycles. The lowest BCUT2D eigenvalue weighted by atomic mass is 9.94. The Balaban J connectivity index is 2.61. The minimum atomic E-state index is -1.70. The highest BCUT2D eigenvalue weighted by molar-refractivity contribution is 5.84. The summed E-state index contributed by atoms with van der Waals surface area (Å²) in [6, 6.07) is 0. The molecular formula is C8H14FNO. The van der Waals surface area contributed by atoms with Gasteiger partial charge in [0.25, 0.3) is 5.91 Å². The van der Waals surface area contributed by atoms with Crippen LogP contribution in [-0.4, -0.2) is 11.6 Å². The Morgan fingerprint density at radius 3 is 2.55 bits per heavy atom. The number of hydrogen-bond donors (Lipinski definition) is 1. The SMILES string of the molecule is CCCC(F)(C(N)=O)C1CC1. The van der Waals surface area contributed by atoms with E-state index in [1.807, 2.05) is 6.92 Å². The number of carbonyl (C=O) groups excluding carboxylic acids is 1. The number of halogens is 1. The number of hydrogen-bond acceptors (Lipinski definition) is 1. The lowest BCUT2D eigenvalue weighted by Crippen LogP contribution is -2.41. The van der Waals surface area contributed by atoms with Crippen molar-refractivity contribution in [3.63, 3.8) is 0 Å². The monoisotopic (exact) mass is 159 g/mol. The Hall–Kier alpha value is -0.600. The van der Waals surface area contributed by atoms with Gasteiger partial charge in [-0.25, -0.2) is 4.39 Å². The van der Waals surface area contributed by atoms with Gasteiger partial charge in [-0.1, -0.05) is 13.3 Å². The van der Waals surface area contributed by atoms with Gasteiger partial charge < -0.3 is 5.73 Å². The van der Waals surface area contributed by atoms with E-state index in [1.165, 1.54) is 0 Å². The number of alkyl halides is 1. The van der Waals surface area contributed by atoms with Crippen molar-refractivity contribution in [2.24, 2.45) is 11.7 Å². The van der Waals surface area contributed by atoms with Crippen molar-refractivity contribution in [1.82, 2.24) is 0 Å². The first-order valence-electron chi connectivity index (χ1n) is 4.10. The van der Waals surface area contributed by atoms with Crippen LogP contribution in [0.3, 0.4) is 0 Å². The minimum Gasteiger partial charge on any atom is -0.367 e. The van der Waals surface area contributed by atoms with Gasteiger partial charge in [0, 0.05) is 5.92 Å². The first-order valence-corrected chi connectivity index (χ1v) is 4.10. The van der Waals surface area contributed by atoms with Gasteiger partial charge >= 0.3 is 0 Å². The van der Waals surface area contributed by atoms with Gasteiger partial charge in [0.2, 0.25) is 0 Å². The summed E-state index contributed by atoms with van der Waals surface area (Å²) >= 11 is 0. The van der Waals surface area contributed by atoms with E-state index in [0.717, 1.165) is 12.8 Å². The topological polar surface area (TPSA) is 43.1 Å². The fourth-order valence-electron chi connectivity index (χ4n) is 1.43. The number of nitrogens with two attached hydrogens (primary N) is 1. The van der Waals surface area contributed by atoms with Crippen molar-refractivity contribution in [2.75, 3.05) is 0 Å². The molecule has 1 rings (SSSR count). The lowest BCUT2D eigenvalue weighted by molar-refractivity contribution is -0.131. The maximum absolute atomic E-state index is 13.6. The molecule has 2 N–H and O–H groups in total. The Morgan fingerprint density at radius 2 is 2.27 bits per heavy atom. The van der Waals surface area contributed by atoms with Gasteiger partial charge in [-0.3, -0.25) is 4.79 Å². The molecule has 3 heteroatoms. The zero-order valence-corrected chi connectivity index (χ0v) is 6.77. The molecule has 0 radical (unpaired) electrons. The molecule has 64 valence electrons. The number of amides is 1. The molecule has 1 unspecified atom stereocenters. The zero-order valence-electron chi connectivity index (χ0n) is 6.77. The summed E-state index contributed by atoms with van der Waals surface area (Å²) in [6.45, 7) is 1.86. The quantitative estimate of drug-likeness (QED) is 0.661. The summed E-state index contributed by atoms with van der Waals surface area (Å²) < 4.78 is 13.6. The van der Waals surface area contributed by atoms with E-state index in [0.29, 0.717) is 6.42 Å². The highest BCUT2D eigenvalue weighted by Crippen LogP contribution is 2.44. The summed E-state index contributed by atoms with van der Waals surface area (Å²) in [5.74, 6) is -0.859. The largest absolute Gasteiger partial charge is 0.367 e. The van der Waals surface area contributed by atoms with Crippen LogP contribution in [0.15, 0.2) is 0 Å². The molecule has 0 aliphatic heterocycles. The van der Waals surface area contributed by atoms with Gasteiger partial charge in [0.15, 0.2) is 5.67 Å². The maximum Gasteiger partial charge on any atom is 0.255 e. The first kappa shape index (κ1) is 8.50. The average Bonchev–Trinajstić information content (AvgIpc) is 2.68. The maximum atomic E-state index is 13.6. The molecule has 0 bridgehead atoms. The van der Waals surface area contributed by atoms with Crippen LogP contribution in [0.2, 0.25) is 0 Å². The van der Waals surface area contributed by atoms with Crippen LogP contribution >= 0.6 is 0 Å². The van der Waals surface area contributed by atoms with Gasteiger partial charge in [-0.15, -0.1) is 0 Å². The van der Waals surface area contributed by atoms with Crippen LogP contribution in [0.4, 0.5) is 4.39 Å². The summed E-state index contributed by atoms with van der Waals surface area (Å²) in [4.78, 5) is 10.7. The van der Waals surface area contributed by atoms with Crippen molar-refractivity contribution in [3.8, 4) is 0 Å². The number of carbonyl (C=O) groups is 1. The average molecular weight is 159 g/mol. The molecule has 1 aliphatic rings. The molecule has 11 heavy (non-hydrogen) atoms. The van der Waals surface area contributed by atoms with Crippen LogP contribution in [0.1, 0.15) is 32.6 Å². The normalized spacial score (nSPS) is 22.7. The predicted octanol–water partition coefficient (Wildman–Crippen LogP) is 1.39. The molecule has 2 nitrogen and oxygen atoms in total. The Morgan fingerprint density at radius 1 is 1.73 bits per heavy atom. The summed E-state index contributed by atoms with van der Waals surface area (Å²) in [7, 11) is 0. The van der Waals surface area contributed by atoms with E-state index in [9.17, 15) is 9.18 Å². The van der Waals surface area contributed by atoms with E-state index < -0.39 is 11.6 Å². The fraction of sp³-hybridized carbons (Fsp3) is 0.875. The third kappa shape index (κ3) is 1.52. The first-order chi connectivity index (χ1) is 5.11. The molecule has 0 aromatic heterocycles. The summed E-state index contributed by atoms with van der Waals surface area (Å²) in [5, 5.41) is 0. The number of primary amides is 1. The van der Waals surface area contributed by atoms with Crippen molar-refractivity contribution in [2.45, 2.75) is 38.3 Å². The Bertz CT molecular complexity index is 167. The number of rotatable bonds is 4. The van der Waals surface area contributed by atoms with Crippen molar-refractivity contribution in [1.29, 1.82) is 0 Å². The molecule has 1 saturated carbocycles. The van der Waals surface area contributed by atoms with E-state index in [4.69, 9.17) is 5.73 Å². The molecular weight excluding hydrogens is 145 g/mol. The lowest BCUT2D eigenvalue weighted by Gasteiger charge is -2.19. The molecule has 1 atom stereocenters. The standard InChI is InChI=1S/C8H14FNO/c1-2-5-8(9,7(10)11)6-3-4-6/h6H,2-5H2,1H3,(H2,10,11). The van der Waals surface area contributed by atoms with E-state index >= 15 is 0 Å². The Kier molecular flexibility index (Phi) is 2.16. The molecule has 0 spiro atoms. The van der Waals surface area contributed by atoms with Crippen LogP contribution in [-0.2, 0) is 4.79 Å². The molecule has 0 aromatic carbocycles. The highest BCUT2D eigenvalue weighted by Gasteiger charge is 2.49. The Labute approximate surface area is 66.0 Å². The fourth-order valence-corrected chi connectivity index (χ4v) is 1.43. The van der Waals surface area contributed by atoms with Crippen molar-refractivity contribution in [3.05, 3.63) is 0 Å². The third-order valence-electron chi connectivity index (χ3n) is 2.25. The van der Waals surface area contributed by atoms with Crippen molar-refractivity contribution < 1.29 is 9.18 Å². The van der Waals surface area contributed by atoms with Gasteiger partial charge in [-0.05, 0) is 19.3 Å². The molecule has 1 fully saturated rings. The second-order valence-corrected chi connectivity index (χ2v) is 3.25. The second-order valence-electron chi connectivity index (χ2n) is 3.25. The van der Waals surface area contributed by atoms with Crippen LogP contribution in [0, 0.1) is 5.92 Å². The van der Waals surface area contributed by atoms with Crippen molar-refractivity contribution >= 4 is 5.91 Å². The smallest absolute Gasteiger partial charge is 0.255 e. The predicted molar refractivity (Wildman–Crippen MR) is 40.7 cm³/mol. The zero-order chi connectivity index (χ0) is 8.48. The van der Waals surface area contributed by atoms with Gasteiger partial charge in [-0.2, -0.15) is 0 Å². The van der Waals surface area contributed by atoms with Crippen LogP contribution in [0.5, 0.6) is 0 Å². The third-order valence-corrected chi connectivity index (χ3v) is 2.25. The molecule has 0 saturated heterocycles. The second kappa shape index (κ2) is 2.80. The summed E-state index contributed by atoms with van der Waals surface area (Å²) in [5.41, 5.74) is 3.28. The highest BCUT2D eigenvalue weighted by atomic mass is 19.1. The van der Waals surface area contributed by atoms with E-state index in [-0.39, 0.29) is 12.3 Å². The van der Waals surface area contributed by atoms with Gasteiger partial charge in [0.1, 0.15) is 0 Å². The van der Waals surface area contributed by atoms with Crippen LogP contribution in [0.25, 0.3) is 0 Å². The minimum absolute atomic E-state index is 0.0834. The summed E-state index contributed by atoms with van der Waals surface area (Å²) in [6.07, 6.45) is 2.60.